The Hall–Kier alpha value is -0.880. The summed E-state index contributed by atoms with van der Waals surface area (Å²) in [6.07, 6.45) is 2.06. The van der Waals surface area contributed by atoms with Crippen LogP contribution in [0.1, 0.15) is 12.0 Å². The molecule has 1 aromatic carbocycles. The molecule has 0 atom stereocenters. The molecule has 0 fully saturated rings. The second-order valence-corrected chi connectivity index (χ2v) is 5.03. The third-order valence-electron chi connectivity index (χ3n) is 2.77. The van der Waals surface area contributed by atoms with E-state index in [2.05, 4.69) is 44.9 Å². The average molecular weight is 375 g/mol. The Morgan fingerprint density at radius 1 is 1.32 bits per heavy atom. The third kappa shape index (κ3) is 8.00. The highest BCUT2D eigenvalue weighted by Gasteiger charge is 2.15. The van der Waals surface area contributed by atoms with Crippen molar-refractivity contribution in [2.45, 2.75) is 13.0 Å². The molecular weight excluding hydrogens is 353 g/mol. The number of carbonyl (C=O) groups is 1. The van der Waals surface area contributed by atoms with E-state index in [9.17, 15) is 4.79 Å². The molecule has 0 aliphatic carbocycles. The molecule has 4 heteroatoms. The lowest BCUT2D eigenvalue weighted by atomic mass is 10.2. The molecule has 0 saturated heterocycles. The molecule has 0 unspecified atom stereocenters. The van der Waals surface area contributed by atoms with Gasteiger partial charge in [0.15, 0.2) is 0 Å². The maximum Gasteiger partial charge on any atom is 0.330 e. The standard InChI is InChI=1S/C15H22NO2.HI/c1-4-15(17)18-12-8-11-16(2,3)13-14-9-6-5-7-10-14;/h4-7,9-10H,1,8,11-13H2,2-3H3;1H/q+1;/p-1. The molecule has 0 amide bonds. The van der Waals surface area contributed by atoms with Gasteiger partial charge in [0.25, 0.3) is 0 Å². The van der Waals surface area contributed by atoms with Crippen LogP contribution >= 0.6 is 0 Å². The second kappa shape index (κ2) is 9.09. The maximum atomic E-state index is 10.9. The fourth-order valence-electron chi connectivity index (χ4n) is 1.88. The highest BCUT2D eigenvalue weighted by molar-refractivity contribution is 5.81. The molecule has 106 valence electrons. The largest absolute Gasteiger partial charge is 1.00 e. The lowest BCUT2D eigenvalue weighted by molar-refractivity contribution is -0.903. The summed E-state index contributed by atoms with van der Waals surface area (Å²) in [7, 11) is 4.37. The van der Waals surface area contributed by atoms with Crippen molar-refractivity contribution in [2.75, 3.05) is 27.2 Å². The van der Waals surface area contributed by atoms with Gasteiger partial charge in [-0.3, -0.25) is 0 Å². The first kappa shape index (κ1) is 18.1. The highest BCUT2D eigenvalue weighted by Crippen LogP contribution is 2.09. The minimum absolute atomic E-state index is 0. The van der Waals surface area contributed by atoms with E-state index < -0.39 is 0 Å². The Balaban J connectivity index is 0.00000324. The van der Waals surface area contributed by atoms with Crippen LogP contribution in [0.15, 0.2) is 43.0 Å². The number of quaternary nitrogens is 1. The van der Waals surface area contributed by atoms with Gasteiger partial charge in [-0.2, -0.15) is 0 Å². The topological polar surface area (TPSA) is 26.3 Å². The van der Waals surface area contributed by atoms with Crippen LogP contribution in [0.3, 0.4) is 0 Å². The number of halogens is 1. The van der Waals surface area contributed by atoms with Gasteiger partial charge >= 0.3 is 5.97 Å². The molecule has 0 aromatic heterocycles. The number of hydrogen-bond donors (Lipinski definition) is 0. The molecule has 3 nitrogen and oxygen atoms in total. The second-order valence-electron chi connectivity index (χ2n) is 5.03. The molecule has 0 spiro atoms. The molecule has 19 heavy (non-hydrogen) atoms. The first-order valence-corrected chi connectivity index (χ1v) is 6.18. The van der Waals surface area contributed by atoms with E-state index >= 15 is 0 Å². The van der Waals surface area contributed by atoms with E-state index in [0.717, 1.165) is 24.0 Å². The van der Waals surface area contributed by atoms with Crippen LogP contribution in [0, 0.1) is 0 Å². The molecule has 0 aliphatic heterocycles. The van der Waals surface area contributed by atoms with E-state index in [4.69, 9.17) is 4.74 Å². The smallest absolute Gasteiger partial charge is 0.330 e. The summed E-state index contributed by atoms with van der Waals surface area (Å²) in [6, 6.07) is 10.4. The zero-order chi connectivity index (χ0) is 13.4. The summed E-state index contributed by atoms with van der Waals surface area (Å²) in [4.78, 5) is 10.9. The number of esters is 1. The van der Waals surface area contributed by atoms with Crippen LogP contribution in [0.2, 0.25) is 0 Å². The van der Waals surface area contributed by atoms with Crippen molar-refractivity contribution in [3.8, 4) is 0 Å². The first-order valence-electron chi connectivity index (χ1n) is 6.18. The molecule has 0 heterocycles. The SMILES string of the molecule is C=CC(=O)OCCC[N+](C)(C)Cc1ccccc1.[I-]. The molecule has 1 rings (SSSR count). The average Bonchev–Trinajstić information content (AvgIpc) is 2.35. The van der Waals surface area contributed by atoms with Gasteiger partial charge in [0, 0.05) is 18.1 Å². The Bertz CT molecular complexity index is 390. The fraction of sp³-hybridized carbons (Fsp3) is 0.400. The predicted octanol–water partition coefficient (Wildman–Crippen LogP) is -0.614. The van der Waals surface area contributed by atoms with Gasteiger partial charge in [0.05, 0.1) is 27.2 Å². The summed E-state index contributed by atoms with van der Waals surface area (Å²) in [6.45, 7) is 5.78. The molecule has 0 aliphatic rings. The first-order chi connectivity index (χ1) is 8.53. The quantitative estimate of drug-likeness (QED) is 0.209. The minimum Gasteiger partial charge on any atom is -1.00 e. The van der Waals surface area contributed by atoms with Crippen LogP contribution in [0.4, 0.5) is 0 Å². The van der Waals surface area contributed by atoms with E-state index in [1.165, 1.54) is 11.6 Å². The molecule has 1 aromatic rings. The lowest BCUT2D eigenvalue weighted by Gasteiger charge is -2.29. The van der Waals surface area contributed by atoms with Crippen molar-refractivity contribution in [3.63, 3.8) is 0 Å². The summed E-state index contributed by atoms with van der Waals surface area (Å²) in [5.74, 6) is -0.344. The van der Waals surface area contributed by atoms with Crippen molar-refractivity contribution in [3.05, 3.63) is 48.6 Å². The van der Waals surface area contributed by atoms with E-state index in [1.54, 1.807) is 0 Å². The normalized spacial score (nSPS) is 10.4. The number of ether oxygens (including phenoxy) is 1. The van der Waals surface area contributed by atoms with Crippen LogP contribution in [0.25, 0.3) is 0 Å². The van der Waals surface area contributed by atoms with Crippen LogP contribution in [-0.2, 0) is 16.1 Å². The van der Waals surface area contributed by atoms with Gasteiger partial charge in [-0.15, -0.1) is 0 Å². The molecular formula is C15H22INO2. The molecule has 0 saturated carbocycles. The summed E-state index contributed by atoms with van der Waals surface area (Å²) in [5.41, 5.74) is 1.32. The molecule has 0 radical (unpaired) electrons. The van der Waals surface area contributed by atoms with E-state index in [1.807, 2.05) is 6.07 Å². The van der Waals surface area contributed by atoms with Crippen molar-refractivity contribution in [1.29, 1.82) is 0 Å². The number of carbonyl (C=O) groups excluding carboxylic acids is 1. The minimum atomic E-state index is -0.344. The van der Waals surface area contributed by atoms with Gasteiger partial charge < -0.3 is 33.2 Å². The lowest BCUT2D eigenvalue weighted by Crippen LogP contribution is -3.00. The zero-order valence-corrected chi connectivity index (χ0v) is 13.8. The van der Waals surface area contributed by atoms with Gasteiger partial charge in [0.2, 0.25) is 0 Å². The van der Waals surface area contributed by atoms with Gasteiger partial charge in [0.1, 0.15) is 6.54 Å². The highest BCUT2D eigenvalue weighted by atomic mass is 127. The number of benzene rings is 1. The Labute approximate surface area is 132 Å². The Morgan fingerprint density at radius 3 is 2.53 bits per heavy atom. The van der Waals surface area contributed by atoms with Crippen molar-refractivity contribution in [2.24, 2.45) is 0 Å². The van der Waals surface area contributed by atoms with E-state index in [0.29, 0.717) is 6.61 Å². The number of nitrogens with zero attached hydrogens (tertiary/aromatic N) is 1. The van der Waals surface area contributed by atoms with Crippen molar-refractivity contribution in [1.82, 2.24) is 0 Å². The zero-order valence-electron chi connectivity index (χ0n) is 11.6. The van der Waals surface area contributed by atoms with Gasteiger partial charge in [-0.1, -0.05) is 36.9 Å². The summed E-state index contributed by atoms with van der Waals surface area (Å²) in [5, 5.41) is 0. The number of rotatable bonds is 7. The maximum absolute atomic E-state index is 10.9. The molecule has 0 bridgehead atoms. The van der Waals surface area contributed by atoms with Gasteiger partial charge in [-0.05, 0) is 0 Å². The third-order valence-corrected chi connectivity index (χ3v) is 2.77. The fourth-order valence-corrected chi connectivity index (χ4v) is 1.88. The Kier molecular flexibility index (Phi) is 8.67. The number of hydrogen-bond acceptors (Lipinski definition) is 2. The Morgan fingerprint density at radius 2 is 1.95 bits per heavy atom. The van der Waals surface area contributed by atoms with Crippen LogP contribution in [0.5, 0.6) is 0 Å². The van der Waals surface area contributed by atoms with Crippen molar-refractivity contribution < 1.29 is 38.0 Å². The van der Waals surface area contributed by atoms with Gasteiger partial charge in [-0.25, -0.2) is 4.79 Å². The monoisotopic (exact) mass is 375 g/mol. The van der Waals surface area contributed by atoms with Crippen molar-refractivity contribution >= 4 is 5.97 Å². The summed E-state index contributed by atoms with van der Waals surface area (Å²) < 4.78 is 5.85. The van der Waals surface area contributed by atoms with Crippen LogP contribution in [-0.4, -0.2) is 37.7 Å². The van der Waals surface area contributed by atoms with Crippen LogP contribution < -0.4 is 24.0 Å². The molecule has 0 N–H and O–H groups in total. The van der Waals surface area contributed by atoms with E-state index in [-0.39, 0.29) is 29.9 Å². The predicted molar refractivity (Wildman–Crippen MR) is 72.9 cm³/mol. The summed E-state index contributed by atoms with van der Waals surface area (Å²) >= 11 is 0.